The van der Waals surface area contributed by atoms with Gasteiger partial charge in [0.2, 0.25) is 10.0 Å². The summed E-state index contributed by atoms with van der Waals surface area (Å²) < 4.78 is 68.5. The molecule has 0 N–H and O–H groups in total. The van der Waals surface area contributed by atoms with Gasteiger partial charge in [-0.15, -0.1) is 0 Å². The van der Waals surface area contributed by atoms with E-state index in [0.29, 0.717) is 22.8 Å². The van der Waals surface area contributed by atoms with Gasteiger partial charge in [0, 0.05) is 24.2 Å². The number of carbonyl (C=O) groups is 1. The number of sulfonamides is 1. The maximum atomic E-state index is 13.8. The number of hydrogen-bond acceptors (Lipinski definition) is 3. The van der Waals surface area contributed by atoms with Crippen molar-refractivity contribution in [1.82, 2.24) is 9.21 Å². The first-order valence-electron chi connectivity index (χ1n) is 9.85. The second-order valence-corrected chi connectivity index (χ2v) is 9.51. The van der Waals surface area contributed by atoms with Crippen molar-refractivity contribution in [2.24, 2.45) is 0 Å². The number of benzene rings is 3. The van der Waals surface area contributed by atoms with E-state index in [2.05, 4.69) is 0 Å². The van der Waals surface area contributed by atoms with Gasteiger partial charge in [-0.3, -0.25) is 4.79 Å². The molecule has 0 radical (unpaired) electrons. The average Bonchev–Trinajstić information content (AvgIpc) is 3.30. The molecule has 1 unspecified atom stereocenters. The van der Waals surface area contributed by atoms with E-state index in [1.807, 2.05) is 0 Å². The van der Waals surface area contributed by atoms with Crippen LogP contribution in [-0.4, -0.2) is 36.6 Å². The third-order valence-electron chi connectivity index (χ3n) is 5.98. The molecule has 0 saturated carbocycles. The van der Waals surface area contributed by atoms with Crippen LogP contribution < -0.4 is 0 Å². The van der Waals surface area contributed by atoms with E-state index in [1.54, 1.807) is 54.6 Å². The van der Waals surface area contributed by atoms with Gasteiger partial charge in [-0.2, -0.15) is 17.5 Å². The van der Waals surface area contributed by atoms with Crippen LogP contribution in [0, 0.1) is 0 Å². The highest BCUT2D eigenvalue weighted by Crippen LogP contribution is 2.51. The van der Waals surface area contributed by atoms with Gasteiger partial charge in [-0.05, 0) is 29.8 Å². The minimum Gasteiger partial charge on any atom is -0.310 e. The molecule has 1 amide bonds. The number of fused-ring (bicyclic) bond motifs is 3. The first-order valence-corrected chi connectivity index (χ1v) is 11.3. The fourth-order valence-electron chi connectivity index (χ4n) is 4.68. The lowest BCUT2D eigenvalue weighted by Gasteiger charge is -2.39. The first kappa shape index (κ1) is 20.7. The molecule has 5 nitrogen and oxygen atoms in total. The first-order chi connectivity index (χ1) is 15.2. The largest absolute Gasteiger partial charge is 0.416 e. The summed E-state index contributed by atoms with van der Waals surface area (Å²) in [6, 6.07) is 19.1. The van der Waals surface area contributed by atoms with Gasteiger partial charge in [0.25, 0.3) is 5.91 Å². The van der Waals surface area contributed by atoms with Crippen LogP contribution in [0.15, 0.2) is 83.8 Å². The number of rotatable bonds is 3. The molecule has 1 saturated heterocycles. The molecular weight excluding hydrogens is 441 g/mol. The van der Waals surface area contributed by atoms with Crippen LogP contribution >= 0.6 is 0 Å². The summed E-state index contributed by atoms with van der Waals surface area (Å²) in [6.07, 6.45) is -4.68. The second kappa shape index (κ2) is 6.91. The molecule has 0 aliphatic carbocycles. The summed E-state index contributed by atoms with van der Waals surface area (Å²) in [4.78, 5) is 14.2. The lowest BCUT2D eigenvalue weighted by Crippen LogP contribution is -2.51. The lowest BCUT2D eigenvalue weighted by molar-refractivity contribution is -0.137. The van der Waals surface area contributed by atoms with Gasteiger partial charge < -0.3 is 4.90 Å². The second-order valence-electron chi connectivity index (χ2n) is 7.64. The fraction of sp³-hybridized carbons (Fsp3) is 0.174. The van der Waals surface area contributed by atoms with Gasteiger partial charge in [0.1, 0.15) is 0 Å². The van der Waals surface area contributed by atoms with Crippen molar-refractivity contribution >= 4 is 15.9 Å². The van der Waals surface area contributed by atoms with Crippen molar-refractivity contribution in [3.8, 4) is 0 Å². The van der Waals surface area contributed by atoms with Crippen molar-refractivity contribution in [2.75, 3.05) is 13.1 Å². The average molecular weight is 458 g/mol. The van der Waals surface area contributed by atoms with Crippen molar-refractivity contribution in [3.63, 3.8) is 0 Å². The number of alkyl halides is 3. The van der Waals surface area contributed by atoms with Gasteiger partial charge in [0.05, 0.1) is 10.5 Å². The summed E-state index contributed by atoms with van der Waals surface area (Å²) in [5.41, 5.74) is -1.11. The Kier molecular flexibility index (Phi) is 4.48. The van der Waals surface area contributed by atoms with Crippen LogP contribution in [0.1, 0.15) is 27.0 Å². The maximum absolute atomic E-state index is 13.8. The van der Waals surface area contributed by atoms with Crippen LogP contribution in [0.4, 0.5) is 13.2 Å². The summed E-state index contributed by atoms with van der Waals surface area (Å²) in [6.45, 7) is 0.0636. The highest BCUT2D eigenvalue weighted by Gasteiger charge is 2.61. The minimum absolute atomic E-state index is 0.0481. The highest BCUT2D eigenvalue weighted by molar-refractivity contribution is 7.89. The Bertz CT molecular complexity index is 1330. The molecule has 9 heteroatoms. The molecule has 1 atom stereocenters. The number of amides is 1. The van der Waals surface area contributed by atoms with E-state index >= 15 is 0 Å². The third kappa shape index (κ3) is 2.74. The normalized spacial score (nSPS) is 21.0. The molecule has 164 valence electrons. The molecule has 32 heavy (non-hydrogen) atoms. The Hall–Kier alpha value is -3.17. The SMILES string of the molecule is O=C1c2ccccc2C2(c3ccccc3)N1CCN2S(=O)(=O)c1cccc(C(F)(F)F)c1. The molecule has 2 aliphatic rings. The number of carbonyl (C=O) groups excluding carboxylic acids is 1. The molecule has 2 aliphatic heterocycles. The zero-order valence-corrected chi connectivity index (χ0v) is 17.4. The van der Waals surface area contributed by atoms with Crippen LogP contribution in [-0.2, 0) is 21.9 Å². The Morgan fingerprint density at radius 3 is 2.25 bits per heavy atom. The van der Waals surface area contributed by atoms with E-state index in [-0.39, 0.29) is 19.0 Å². The van der Waals surface area contributed by atoms with Crippen molar-refractivity contribution < 1.29 is 26.4 Å². The molecular formula is C23H17F3N2O3S. The standard InChI is InChI=1S/C23H17F3N2O3S/c24-23(25,26)17-9-6-10-18(15-17)32(30,31)28-14-13-27-21(29)19-11-4-5-12-20(19)22(27,28)16-7-2-1-3-8-16/h1-12,15H,13-14H2. The van der Waals surface area contributed by atoms with Crippen LogP contribution in [0.25, 0.3) is 0 Å². The summed E-state index contributed by atoms with van der Waals surface area (Å²) in [5, 5.41) is 0. The Balaban J connectivity index is 1.76. The molecule has 3 aromatic carbocycles. The summed E-state index contributed by atoms with van der Waals surface area (Å²) in [7, 11) is -4.41. The Morgan fingerprint density at radius 2 is 1.53 bits per heavy atom. The van der Waals surface area contributed by atoms with Crippen molar-refractivity contribution in [3.05, 3.63) is 101 Å². The van der Waals surface area contributed by atoms with Gasteiger partial charge >= 0.3 is 6.18 Å². The van der Waals surface area contributed by atoms with E-state index in [9.17, 15) is 26.4 Å². The van der Waals surface area contributed by atoms with Crippen molar-refractivity contribution in [1.29, 1.82) is 0 Å². The van der Waals surface area contributed by atoms with Crippen LogP contribution in [0.5, 0.6) is 0 Å². The predicted octanol–water partition coefficient (Wildman–Crippen LogP) is 4.07. The Labute approximate surface area is 182 Å². The fourth-order valence-corrected chi connectivity index (χ4v) is 6.43. The Morgan fingerprint density at radius 1 is 0.844 bits per heavy atom. The molecule has 0 spiro atoms. The van der Waals surface area contributed by atoms with Gasteiger partial charge in [-0.1, -0.05) is 54.6 Å². The number of hydrogen-bond donors (Lipinski definition) is 0. The summed E-state index contributed by atoms with van der Waals surface area (Å²) >= 11 is 0. The molecule has 1 fully saturated rings. The highest BCUT2D eigenvalue weighted by atomic mass is 32.2. The molecule has 5 rings (SSSR count). The summed E-state index contributed by atoms with van der Waals surface area (Å²) in [5.74, 6) is -0.314. The van der Waals surface area contributed by atoms with Crippen molar-refractivity contribution in [2.45, 2.75) is 16.7 Å². The zero-order valence-electron chi connectivity index (χ0n) is 16.6. The maximum Gasteiger partial charge on any atom is 0.416 e. The van der Waals surface area contributed by atoms with E-state index in [1.165, 1.54) is 4.90 Å². The smallest absolute Gasteiger partial charge is 0.310 e. The zero-order chi connectivity index (χ0) is 22.7. The number of nitrogens with zero attached hydrogens (tertiary/aromatic N) is 2. The van der Waals surface area contributed by atoms with Crippen LogP contribution in [0.3, 0.4) is 0 Å². The molecule has 0 aromatic heterocycles. The monoisotopic (exact) mass is 458 g/mol. The molecule has 0 bridgehead atoms. The minimum atomic E-state index is -4.68. The predicted molar refractivity (Wildman–Crippen MR) is 110 cm³/mol. The van der Waals surface area contributed by atoms with E-state index < -0.39 is 32.3 Å². The topological polar surface area (TPSA) is 57.7 Å². The number of halogens is 3. The molecule has 3 aromatic rings. The van der Waals surface area contributed by atoms with Gasteiger partial charge in [-0.25, -0.2) is 8.42 Å². The molecule has 2 heterocycles. The third-order valence-corrected chi connectivity index (χ3v) is 7.86. The lowest BCUT2D eigenvalue weighted by atomic mass is 9.91. The quantitative estimate of drug-likeness (QED) is 0.595. The van der Waals surface area contributed by atoms with Crippen LogP contribution in [0.2, 0.25) is 0 Å². The van der Waals surface area contributed by atoms with Gasteiger partial charge in [0.15, 0.2) is 5.66 Å². The van der Waals surface area contributed by atoms with E-state index in [4.69, 9.17) is 0 Å². The van der Waals surface area contributed by atoms with E-state index in [0.717, 1.165) is 22.5 Å².